The van der Waals surface area contributed by atoms with Crippen LogP contribution in [0.15, 0.2) is 30.3 Å². The number of carbonyl (C=O) groups excluding carboxylic acids is 1. The van der Waals surface area contributed by atoms with Crippen molar-refractivity contribution in [2.24, 2.45) is 0 Å². The van der Waals surface area contributed by atoms with Gasteiger partial charge in [-0.15, -0.1) is 11.8 Å². The Morgan fingerprint density at radius 3 is 2.88 bits per heavy atom. The van der Waals surface area contributed by atoms with Crippen LogP contribution in [0.4, 0.5) is 0 Å². The van der Waals surface area contributed by atoms with Gasteiger partial charge in [-0.2, -0.15) is 0 Å². The lowest BCUT2D eigenvalue weighted by Gasteiger charge is -2.09. The number of ether oxygens (including phenoxy) is 2. The highest BCUT2D eigenvalue weighted by atomic mass is 32.2. The van der Waals surface area contributed by atoms with Crippen LogP contribution in [0.2, 0.25) is 0 Å². The molecule has 0 radical (unpaired) electrons. The lowest BCUT2D eigenvalue weighted by molar-refractivity contribution is 0.0287. The summed E-state index contributed by atoms with van der Waals surface area (Å²) >= 11 is 1.70. The van der Waals surface area contributed by atoms with Gasteiger partial charge in [-0.25, -0.2) is 4.79 Å². The number of benzene rings is 1. The zero-order valence-electron chi connectivity index (χ0n) is 9.09. The Hall–Kier alpha value is -1.00. The SMILES string of the molecule is CC1COC(COC(=O)c2ccccc2)S1. The number of hydrogen-bond donors (Lipinski definition) is 0. The summed E-state index contributed by atoms with van der Waals surface area (Å²) in [5.41, 5.74) is 0.571. The third kappa shape index (κ3) is 3.00. The molecule has 2 atom stereocenters. The fourth-order valence-electron chi connectivity index (χ4n) is 1.47. The summed E-state index contributed by atoms with van der Waals surface area (Å²) in [6, 6.07) is 8.99. The molecule has 0 aliphatic carbocycles. The molecule has 1 aromatic rings. The van der Waals surface area contributed by atoms with Gasteiger partial charge >= 0.3 is 5.97 Å². The Morgan fingerprint density at radius 1 is 1.50 bits per heavy atom. The van der Waals surface area contributed by atoms with Crippen molar-refractivity contribution in [3.63, 3.8) is 0 Å². The Morgan fingerprint density at radius 2 is 2.25 bits per heavy atom. The molecule has 0 spiro atoms. The molecule has 0 amide bonds. The molecular weight excluding hydrogens is 224 g/mol. The second kappa shape index (κ2) is 5.37. The van der Waals surface area contributed by atoms with Gasteiger partial charge in [-0.05, 0) is 12.1 Å². The van der Waals surface area contributed by atoms with Crippen LogP contribution >= 0.6 is 11.8 Å². The second-order valence-corrected chi connectivity index (χ2v) is 5.28. The molecule has 1 aliphatic heterocycles. The molecule has 2 rings (SSSR count). The zero-order valence-corrected chi connectivity index (χ0v) is 9.91. The standard InChI is InChI=1S/C12H14O3S/c1-9-7-14-11(16-9)8-15-12(13)10-5-3-2-4-6-10/h2-6,9,11H,7-8H2,1H3. The van der Waals surface area contributed by atoms with Gasteiger partial charge in [0, 0.05) is 5.25 Å². The first kappa shape index (κ1) is 11.5. The quantitative estimate of drug-likeness (QED) is 0.757. The van der Waals surface area contributed by atoms with Gasteiger partial charge < -0.3 is 9.47 Å². The van der Waals surface area contributed by atoms with Crippen LogP contribution in [0, 0.1) is 0 Å². The van der Waals surface area contributed by atoms with Crippen LogP contribution < -0.4 is 0 Å². The van der Waals surface area contributed by atoms with Crippen LogP contribution in [0.5, 0.6) is 0 Å². The topological polar surface area (TPSA) is 35.5 Å². The van der Waals surface area contributed by atoms with E-state index < -0.39 is 0 Å². The number of esters is 1. The molecule has 1 fully saturated rings. The summed E-state index contributed by atoms with van der Waals surface area (Å²) < 4.78 is 10.6. The van der Waals surface area contributed by atoms with Crippen LogP contribution in [-0.2, 0) is 9.47 Å². The Labute approximate surface area is 99.1 Å². The summed E-state index contributed by atoms with van der Waals surface area (Å²) in [4.78, 5) is 11.6. The van der Waals surface area contributed by atoms with E-state index in [0.29, 0.717) is 17.4 Å². The number of carbonyl (C=O) groups is 1. The van der Waals surface area contributed by atoms with Crippen molar-refractivity contribution in [3.05, 3.63) is 35.9 Å². The van der Waals surface area contributed by atoms with Crippen molar-refractivity contribution in [2.75, 3.05) is 13.2 Å². The summed E-state index contributed by atoms with van der Waals surface area (Å²) in [7, 11) is 0. The van der Waals surface area contributed by atoms with Gasteiger partial charge in [0.05, 0.1) is 12.2 Å². The minimum Gasteiger partial charge on any atom is -0.458 e. The van der Waals surface area contributed by atoms with Gasteiger partial charge in [0.2, 0.25) is 0 Å². The first-order chi connectivity index (χ1) is 7.75. The highest BCUT2D eigenvalue weighted by Gasteiger charge is 2.23. The van der Waals surface area contributed by atoms with Crippen LogP contribution in [-0.4, -0.2) is 29.9 Å². The molecular formula is C12H14O3S. The molecule has 4 heteroatoms. The number of hydrogen-bond acceptors (Lipinski definition) is 4. The molecule has 86 valence electrons. The van der Waals surface area contributed by atoms with Crippen LogP contribution in [0.25, 0.3) is 0 Å². The van der Waals surface area contributed by atoms with E-state index in [1.165, 1.54) is 0 Å². The van der Waals surface area contributed by atoms with Crippen molar-refractivity contribution in [3.8, 4) is 0 Å². The van der Waals surface area contributed by atoms with E-state index in [9.17, 15) is 4.79 Å². The molecule has 2 unspecified atom stereocenters. The Balaban J connectivity index is 1.80. The molecule has 0 bridgehead atoms. The van der Waals surface area contributed by atoms with Gasteiger partial charge in [-0.3, -0.25) is 0 Å². The maximum absolute atomic E-state index is 11.6. The molecule has 0 aromatic heterocycles. The fourth-order valence-corrected chi connectivity index (χ4v) is 2.45. The van der Waals surface area contributed by atoms with E-state index in [1.54, 1.807) is 23.9 Å². The molecule has 0 saturated carbocycles. The summed E-state index contributed by atoms with van der Waals surface area (Å²) in [5, 5.41) is 0.487. The van der Waals surface area contributed by atoms with Crippen LogP contribution in [0.1, 0.15) is 17.3 Å². The average Bonchev–Trinajstić information content (AvgIpc) is 2.73. The predicted octanol–water partition coefficient (Wildman–Crippen LogP) is 2.32. The third-order valence-corrected chi connectivity index (χ3v) is 3.44. The van der Waals surface area contributed by atoms with Crippen molar-refractivity contribution < 1.29 is 14.3 Å². The molecule has 0 N–H and O–H groups in total. The Kier molecular flexibility index (Phi) is 3.85. The summed E-state index contributed by atoms with van der Waals surface area (Å²) in [6.07, 6.45) is 0. The van der Waals surface area contributed by atoms with Gasteiger partial charge in [-0.1, -0.05) is 25.1 Å². The van der Waals surface area contributed by atoms with Crippen molar-refractivity contribution >= 4 is 17.7 Å². The van der Waals surface area contributed by atoms with Crippen molar-refractivity contribution in [1.82, 2.24) is 0 Å². The molecule has 1 aliphatic rings. The molecule has 1 saturated heterocycles. The third-order valence-electron chi connectivity index (χ3n) is 2.26. The highest BCUT2D eigenvalue weighted by Crippen LogP contribution is 2.26. The van der Waals surface area contributed by atoms with E-state index in [2.05, 4.69) is 6.92 Å². The largest absolute Gasteiger partial charge is 0.458 e. The minimum absolute atomic E-state index is 0.0114. The average molecular weight is 238 g/mol. The molecule has 16 heavy (non-hydrogen) atoms. The van der Waals surface area contributed by atoms with Gasteiger partial charge in [0.15, 0.2) is 0 Å². The summed E-state index contributed by atoms with van der Waals surface area (Å²) in [5.74, 6) is -0.288. The van der Waals surface area contributed by atoms with Crippen LogP contribution in [0.3, 0.4) is 0 Å². The fraction of sp³-hybridized carbons (Fsp3) is 0.417. The number of thioether (sulfide) groups is 1. The number of rotatable bonds is 3. The molecule has 3 nitrogen and oxygen atoms in total. The van der Waals surface area contributed by atoms with E-state index in [0.717, 1.165) is 6.61 Å². The van der Waals surface area contributed by atoms with E-state index in [-0.39, 0.29) is 11.4 Å². The second-order valence-electron chi connectivity index (χ2n) is 3.67. The normalized spacial score (nSPS) is 24.3. The van der Waals surface area contributed by atoms with E-state index in [4.69, 9.17) is 9.47 Å². The van der Waals surface area contributed by atoms with E-state index >= 15 is 0 Å². The molecule has 1 heterocycles. The van der Waals surface area contributed by atoms with Gasteiger partial charge in [0.25, 0.3) is 0 Å². The van der Waals surface area contributed by atoms with Gasteiger partial charge in [0.1, 0.15) is 12.0 Å². The van der Waals surface area contributed by atoms with E-state index in [1.807, 2.05) is 18.2 Å². The lowest BCUT2D eigenvalue weighted by Crippen LogP contribution is -2.15. The first-order valence-electron chi connectivity index (χ1n) is 5.25. The predicted molar refractivity (Wildman–Crippen MR) is 63.5 cm³/mol. The first-order valence-corrected chi connectivity index (χ1v) is 6.19. The zero-order chi connectivity index (χ0) is 11.4. The highest BCUT2D eigenvalue weighted by molar-refractivity contribution is 8.00. The lowest BCUT2D eigenvalue weighted by atomic mass is 10.2. The summed E-state index contributed by atoms with van der Waals surface area (Å²) in [6.45, 7) is 3.16. The Bertz CT molecular complexity index is 353. The van der Waals surface area contributed by atoms with Crippen molar-refractivity contribution in [1.29, 1.82) is 0 Å². The van der Waals surface area contributed by atoms with Crippen molar-refractivity contribution in [2.45, 2.75) is 17.6 Å². The maximum atomic E-state index is 11.6. The monoisotopic (exact) mass is 238 g/mol. The smallest absolute Gasteiger partial charge is 0.338 e. The minimum atomic E-state index is -0.288. The maximum Gasteiger partial charge on any atom is 0.338 e. The molecule has 1 aromatic carbocycles.